The highest BCUT2D eigenvalue weighted by atomic mass is 19.4. The molecular formula is C19H25F3N2O6. The van der Waals surface area contributed by atoms with E-state index in [1.54, 1.807) is 13.8 Å². The quantitative estimate of drug-likeness (QED) is 0.604. The molecule has 1 aromatic rings. The van der Waals surface area contributed by atoms with Crippen molar-refractivity contribution in [2.24, 2.45) is 0 Å². The van der Waals surface area contributed by atoms with Crippen molar-refractivity contribution in [2.75, 3.05) is 13.1 Å². The van der Waals surface area contributed by atoms with Crippen LogP contribution >= 0.6 is 0 Å². The molecule has 1 aliphatic rings. The number of carbonyl (C=O) groups excluding carboxylic acids is 1. The third-order valence-electron chi connectivity index (χ3n) is 4.74. The van der Waals surface area contributed by atoms with Gasteiger partial charge in [0.15, 0.2) is 0 Å². The number of carboxylic acids is 2. The van der Waals surface area contributed by atoms with Crippen LogP contribution in [-0.4, -0.2) is 64.0 Å². The van der Waals surface area contributed by atoms with Gasteiger partial charge in [-0.2, -0.15) is 13.2 Å². The molecule has 0 bridgehead atoms. The zero-order chi connectivity index (χ0) is 22.9. The lowest BCUT2D eigenvalue weighted by atomic mass is 9.95. The lowest BCUT2D eigenvalue weighted by Crippen LogP contribution is -2.61. The Labute approximate surface area is 171 Å². The Hall–Kier alpha value is -2.82. The van der Waals surface area contributed by atoms with E-state index in [4.69, 9.17) is 14.6 Å². The number of nitrogens with one attached hydrogen (secondary N) is 1. The lowest BCUT2D eigenvalue weighted by molar-refractivity contribution is -0.192. The van der Waals surface area contributed by atoms with E-state index in [9.17, 15) is 27.9 Å². The van der Waals surface area contributed by atoms with Crippen LogP contribution in [-0.2, 0) is 20.9 Å². The average molecular weight is 434 g/mol. The minimum absolute atomic E-state index is 0.129. The van der Waals surface area contributed by atoms with Gasteiger partial charge in [0.05, 0.1) is 0 Å². The van der Waals surface area contributed by atoms with Crippen molar-refractivity contribution in [2.45, 2.75) is 51.1 Å². The Kier molecular flexibility index (Phi) is 9.09. The Morgan fingerprint density at radius 2 is 1.70 bits per heavy atom. The Morgan fingerprint density at radius 1 is 1.17 bits per heavy atom. The van der Waals surface area contributed by atoms with Crippen molar-refractivity contribution in [3.05, 3.63) is 35.9 Å². The van der Waals surface area contributed by atoms with E-state index in [0.717, 1.165) is 18.5 Å². The first kappa shape index (κ1) is 25.2. The summed E-state index contributed by atoms with van der Waals surface area (Å²) >= 11 is 0. The molecule has 0 saturated carbocycles. The highest BCUT2D eigenvalue weighted by Gasteiger charge is 2.43. The summed E-state index contributed by atoms with van der Waals surface area (Å²) < 4.78 is 37.1. The van der Waals surface area contributed by atoms with Gasteiger partial charge in [-0.05, 0) is 31.9 Å². The lowest BCUT2D eigenvalue weighted by Gasteiger charge is -2.41. The van der Waals surface area contributed by atoms with Gasteiger partial charge in [-0.1, -0.05) is 37.3 Å². The summed E-state index contributed by atoms with van der Waals surface area (Å²) in [6.07, 6.45) is -4.42. The Balaban J connectivity index is 0.000000553. The smallest absolute Gasteiger partial charge is 0.480 e. The molecule has 1 aliphatic heterocycles. The molecule has 0 radical (unpaired) electrons. The minimum atomic E-state index is -5.08. The number of hydrogen-bond donors (Lipinski definition) is 3. The minimum Gasteiger partial charge on any atom is -0.480 e. The first-order valence-electron chi connectivity index (χ1n) is 9.17. The van der Waals surface area contributed by atoms with Crippen molar-refractivity contribution in [3.8, 4) is 0 Å². The molecule has 0 aliphatic carbocycles. The third-order valence-corrected chi connectivity index (χ3v) is 4.74. The summed E-state index contributed by atoms with van der Waals surface area (Å²) in [6.45, 7) is 4.70. The number of aliphatic carboxylic acids is 2. The van der Waals surface area contributed by atoms with Crippen LogP contribution < -0.4 is 5.32 Å². The van der Waals surface area contributed by atoms with Gasteiger partial charge in [-0.3, -0.25) is 4.90 Å². The van der Waals surface area contributed by atoms with Crippen LogP contribution in [0, 0.1) is 0 Å². The molecule has 3 N–H and O–H groups in total. The standard InChI is InChI=1S/C17H24N2O4.C2HF3O2/c1-3-17(2,15(20)21)19(11-14-9-10-18-14)16(22)23-12-13-7-5-4-6-8-13;3-2(4,5)1(6)7/h4-8,14,18H,3,9-12H2,1-2H3,(H,20,21);(H,6,7). The maximum Gasteiger partial charge on any atom is 0.490 e. The van der Waals surface area contributed by atoms with Crippen LogP contribution in [0.1, 0.15) is 32.3 Å². The average Bonchev–Trinajstić information content (AvgIpc) is 2.65. The Morgan fingerprint density at radius 3 is 2.07 bits per heavy atom. The van der Waals surface area contributed by atoms with Crippen molar-refractivity contribution in [1.29, 1.82) is 0 Å². The van der Waals surface area contributed by atoms with Crippen molar-refractivity contribution in [1.82, 2.24) is 10.2 Å². The fourth-order valence-electron chi connectivity index (χ4n) is 2.46. The van der Waals surface area contributed by atoms with E-state index in [1.807, 2.05) is 30.3 Å². The number of amides is 1. The third kappa shape index (κ3) is 7.21. The number of alkyl halides is 3. The molecule has 2 unspecified atom stereocenters. The zero-order valence-corrected chi connectivity index (χ0v) is 16.6. The van der Waals surface area contributed by atoms with Crippen LogP contribution in [0.15, 0.2) is 30.3 Å². The van der Waals surface area contributed by atoms with E-state index >= 15 is 0 Å². The van der Waals surface area contributed by atoms with Crippen LogP contribution in [0.4, 0.5) is 18.0 Å². The number of nitrogens with zero attached hydrogens (tertiary/aromatic N) is 1. The summed E-state index contributed by atoms with van der Waals surface area (Å²) in [4.78, 5) is 34.4. The van der Waals surface area contributed by atoms with Gasteiger partial charge in [0.1, 0.15) is 12.1 Å². The van der Waals surface area contributed by atoms with Gasteiger partial charge < -0.3 is 20.3 Å². The fourth-order valence-corrected chi connectivity index (χ4v) is 2.46. The number of carbonyl (C=O) groups is 3. The maximum atomic E-state index is 12.5. The molecule has 1 saturated heterocycles. The number of ether oxygens (including phenoxy) is 1. The molecule has 8 nitrogen and oxygen atoms in total. The van der Waals surface area contributed by atoms with Crippen LogP contribution in [0.2, 0.25) is 0 Å². The topological polar surface area (TPSA) is 116 Å². The highest BCUT2D eigenvalue weighted by Crippen LogP contribution is 2.23. The van der Waals surface area contributed by atoms with E-state index in [1.165, 1.54) is 4.90 Å². The van der Waals surface area contributed by atoms with Crippen LogP contribution in [0.5, 0.6) is 0 Å². The number of carboxylic acid groups (broad SMARTS) is 2. The predicted octanol–water partition coefficient (Wildman–Crippen LogP) is 2.87. The molecule has 30 heavy (non-hydrogen) atoms. The summed E-state index contributed by atoms with van der Waals surface area (Å²) in [7, 11) is 0. The number of rotatable bonds is 7. The zero-order valence-electron chi connectivity index (χ0n) is 16.6. The normalized spacial score (nSPS) is 17.4. The van der Waals surface area contributed by atoms with Gasteiger partial charge in [0, 0.05) is 12.6 Å². The van der Waals surface area contributed by atoms with E-state index in [0.29, 0.717) is 13.0 Å². The summed E-state index contributed by atoms with van der Waals surface area (Å²) in [5.41, 5.74) is -0.401. The summed E-state index contributed by atoms with van der Waals surface area (Å²) in [6, 6.07) is 9.48. The molecule has 1 amide bonds. The monoisotopic (exact) mass is 434 g/mol. The largest absolute Gasteiger partial charge is 0.490 e. The second kappa shape index (κ2) is 10.8. The van der Waals surface area contributed by atoms with E-state index in [2.05, 4.69) is 5.32 Å². The second-order valence-corrected chi connectivity index (χ2v) is 6.83. The van der Waals surface area contributed by atoms with Crippen LogP contribution in [0.3, 0.4) is 0 Å². The molecule has 1 heterocycles. The second-order valence-electron chi connectivity index (χ2n) is 6.83. The highest BCUT2D eigenvalue weighted by molar-refractivity contribution is 5.84. The van der Waals surface area contributed by atoms with Crippen molar-refractivity contribution < 1.29 is 42.5 Å². The number of benzene rings is 1. The van der Waals surface area contributed by atoms with Crippen molar-refractivity contribution >= 4 is 18.0 Å². The number of halogens is 3. The first-order chi connectivity index (χ1) is 13.9. The van der Waals surface area contributed by atoms with Gasteiger partial charge in [-0.15, -0.1) is 0 Å². The van der Waals surface area contributed by atoms with Gasteiger partial charge in [0.2, 0.25) is 0 Å². The first-order valence-corrected chi connectivity index (χ1v) is 9.17. The molecule has 0 aromatic heterocycles. The van der Waals surface area contributed by atoms with Crippen molar-refractivity contribution in [3.63, 3.8) is 0 Å². The molecule has 2 rings (SSSR count). The van der Waals surface area contributed by atoms with Crippen LogP contribution in [0.25, 0.3) is 0 Å². The van der Waals surface area contributed by atoms with Gasteiger partial charge >= 0.3 is 24.2 Å². The Bertz CT molecular complexity index is 725. The predicted molar refractivity (Wildman–Crippen MR) is 99.8 cm³/mol. The molecule has 1 fully saturated rings. The van der Waals surface area contributed by atoms with Gasteiger partial charge in [0.25, 0.3) is 0 Å². The van der Waals surface area contributed by atoms with Gasteiger partial charge in [-0.25, -0.2) is 14.4 Å². The summed E-state index contributed by atoms with van der Waals surface area (Å²) in [5.74, 6) is -3.77. The fraction of sp³-hybridized carbons (Fsp3) is 0.526. The van der Waals surface area contributed by atoms with E-state index < -0.39 is 29.7 Å². The molecule has 1 aromatic carbocycles. The maximum absolute atomic E-state index is 12.5. The molecule has 168 valence electrons. The van der Waals surface area contributed by atoms with E-state index in [-0.39, 0.29) is 12.6 Å². The summed E-state index contributed by atoms with van der Waals surface area (Å²) in [5, 5.41) is 19.9. The SMILES string of the molecule is CCC(C)(C(=O)O)N(CC1CCN1)C(=O)OCc1ccccc1.O=C(O)C(F)(F)F. The molecular weight excluding hydrogens is 409 g/mol. The molecule has 11 heteroatoms. The molecule has 2 atom stereocenters. The molecule has 0 spiro atoms. The number of hydrogen-bond acceptors (Lipinski definition) is 5.